The highest BCUT2D eigenvalue weighted by atomic mass is 14.7. The van der Waals surface area contributed by atoms with E-state index in [1.165, 1.54) is 82.2 Å². The Hall–Kier alpha value is -6.83. The van der Waals surface area contributed by atoms with Gasteiger partial charge >= 0.3 is 0 Å². The highest BCUT2D eigenvalue weighted by molar-refractivity contribution is 6.21. The van der Waals surface area contributed by atoms with Crippen LogP contribution in [0.25, 0.3) is 99.0 Å². The van der Waals surface area contributed by atoms with Crippen LogP contribution in [-0.2, 0) is 0 Å². The molecule has 0 amide bonds. The van der Waals surface area contributed by atoms with Crippen LogP contribution < -0.4 is 0 Å². The predicted octanol–water partition coefficient (Wildman–Crippen LogP) is 14.0. The fourth-order valence-corrected chi connectivity index (χ4v) is 8.02. The van der Waals surface area contributed by atoms with Crippen LogP contribution in [0.3, 0.4) is 0 Å². The lowest BCUT2D eigenvalue weighted by molar-refractivity contribution is 1.40. The van der Waals surface area contributed by atoms with Crippen molar-refractivity contribution in [2.24, 2.45) is 0 Å². The predicted molar refractivity (Wildman–Crippen MR) is 221 cm³/mol. The van der Waals surface area contributed by atoms with Crippen molar-refractivity contribution in [1.82, 2.24) is 4.98 Å². The Bertz CT molecular complexity index is 2850. The Morgan fingerprint density at radius 2 is 0.712 bits per heavy atom. The van der Waals surface area contributed by atoms with Crippen molar-refractivity contribution in [3.8, 4) is 55.8 Å². The third-order valence-corrected chi connectivity index (χ3v) is 10.5. The van der Waals surface area contributed by atoms with Gasteiger partial charge in [0, 0.05) is 10.9 Å². The van der Waals surface area contributed by atoms with Crippen LogP contribution in [0.1, 0.15) is 0 Å². The van der Waals surface area contributed by atoms with E-state index in [1.807, 2.05) is 0 Å². The minimum atomic E-state index is 0.973. The van der Waals surface area contributed by atoms with E-state index in [1.54, 1.807) is 0 Å². The Morgan fingerprint density at radius 3 is 1.27 bits per heavy atom. The van der Waals surface area contributed by atoms with E-state index in [2.05, 4.69) is 200 Å². The van der Waals surface area contributed by atoms with Crippen LogP contribution in [-0.4, -0.2) is 4.98 Å². The molecule has 0 radical (unpaired) electrons. The van der Waals surface area contributed by atoms with Gasteiger partial charge in [-0.15, -0.1) is 0 Å². The fraction of sp³-hybridized carbons (Fsp3) is 0. The molecule has 242 valence electrons. The van der Waals surface area contributed by atoms with Crippen molar-refractivity contribution >= 4 is 43.2 Å². The molecule has 0 atom stereocenters. The van der Waals surface area contributed by atoms with Crippen LogP contribution in [0, 0.1) is 0 Å². The van der Waals surface area contributed by atoms with E-state index in [4.69, 9.17) is 4.98 Å². The average Bonchev–Trinajstić information content (AvgIpc) is 3.23. The van der Waals surface area contributed by atoms with Gasteiger partial charge in [-0.25, -0.2) is 4.98 Å². The molecule has 10 aromatic rings. The first kappa shape index (κ1) is 30.0. The molecule has 0 aliphatic heterocycles. The summed E-state index contributed by atoms with van der Waals surface area (Å²) in [6.07, 6.45) is 0. The molecule has 0 aliphatic carbocycles. The van der Waals surface area contributed by atoms with Gasteiger partial charge in [0.05, 0.1) is 11.2 Å². The number of fused-ring (bicyclic) bond motifs is 5. The summed E-state index contributed by atoms with van der Waals surface area (Å²) < 4.78 is 0. The lowest BCUT2D eigenvalue weighted by Crippen LogP contribution is -1.91. The van der Waals surface area contributed by atoms with Crippen LogP contribution in [0.4, 0.5) is 0 Å². The maximum Gasteiger partial charge on any atom is 0.0722 e. The molecular weight excluding hydrogens is 627 g/mol. The first-order chi connectivity index (χ1) is 25.8. The Labute approximate surface area is 303 Å². The quantitative estimate of drug-likeness (QED) is 0.132. The van der Waals surface area contributed by atoms with E-state index in [9.17, 15) is 0 Å². The first-order valence-corrected chi connectivity index (χ1v) is 17.9. The molecule has 1 nitrogen and oxygen atoms in total. The molecule has 52 heavy (non-hydrogen) atoms. The van der Waals surface area contributed by atoms with Gasteiger partial charge in [-0.3, -0.25) is 0 Å². The third kappa shape index (κ3) is 5.06. The molecule has 1 aromatic heterocycles. The van der Waals surface area contributed by atoms with Crippen LogP contribution in [0.5, 0.6) is 0 Å². The maximum absolute atomic E-state index is 5.20. The smallest absolute Gasteiger partial charge is 0.0722 e. The molecule has 1 heteroatoms. The van der Waals surface area contributed by atoms with E-state index in [0.29, 0.717) is 0 Å². The third-order valence-electron chi connectivity index (χ3n) is 10.5. The molecule has 0 spiro atoms. The van der Waals surface area contributed by atoms with Crippen molar-refractivity contribution in [1.29, 1.82) is 0 Å². The lowest BCUT2D eigenvalue weighted by atomic mass is 9.86. The number of hydrogen-bond donors (Lipinski definition) is 0. The number of nitrogens with zero attached hydrogens (tertiary/aromatic N) is 1. The van der Waals surface area contributed by atoms with E-state index in [-0.39, 0.29) is 0 Å². The molecule has 0 aliphatic rings. The highest BCUT2D eigenvalue weighted by Crippen LogP contribution is 2.44. The summed E-state index contributed by atoms with van der Waals surface area (Å²) in [7, 11) is 0. The Morgan fingerprint density at radius 1 is 0.288 bits per heavy atom. The standard InChI is InChI=1S/C51H33N/c1-3-13-36(14-4-1)46-33-48(52-47-32-31-37-15-7-8-18-41(37)51(46)47)38-27-23-34(24-28-38)35-25-29-40(30-26-35)50-44-21-11-9-19-42(44)49(39-16-5-2-6-17-39)43-20-10-12-22-45(43)50/h1-33H. The molecule has 0 unspecified atom stereocenters. The molecule has 0 saturated heterocycles. The highest BCUT2D eigenvalue weighted by Gasteiger charge is 2.17. The van der Waals surface area contributed by atoms with Crippen LogP contribution >= 0.6 is 0 Å². The molecule has 1 heterocycles. The monoisotopic (exact) mass is 659 g/mol. The van der Waals surface area contributed by atoms with Crippen molar-refractivity contribution in [3.63, 3.8) is 0 Å². The molecule has 10 rings (SSSR count). The molecule has 0 N–H and O–H groups in total. The zero-order valence-corrected chi connectivity index (χ0v) is 28.5. The first-order valence-electron chi connectivity index (χ1n) is 17.9. The van der Waals surface area contributed by atoms with Gasteiger partial charge in [0.25, 0.3) is 0 Å². The minimum absolute atomic E-state index is 0.973. The summed E-state index contributed by atoms with van der Waals surface area (Å²) in [6.45, 7) is 0. The zero-order valence-electron chi connectivity index (χ0n) is 28.5. The Balaban J connectivity index is 1.04. The normalized spacial score (nSPS) is 11.5. The summed E-state index contributed by atoms with van der Waals surface area (Å²) in [5.74, 6) is 0. The zero-order chi connectivity index (χ0) is 34.4. The second-order valence-corrected chi connectivity index (χ2v) is 13.5. The molecule has 0 saturated carbocycles. The molecule has 0 bridgehead atoms. The van der Waals surface area contributed by atoms with Crippen molar-refractivity contribution in [3.05, 3.63) is 200 Å². The van der Waals surface area contributed by atoms with Gasteiger partial charge in [0.1, 0.15) is 0 Å². The van der Waals surface area contributed by atoms with E-state index in [0.717, 1.165) is 16.8 Å². The van der Waals surface area contributed by atoms with Crippen molar-refractivity contribution < 1.29 is 0 Å². The van der Waals surface area contributed by atoms with E-state index >= 15 is 0 Å². The van der Waals surface area contributed by atoms with Gasteiger partial charge in [0.15, 0.2) is 0 Å². The average molecular weight is 660 g/mol. The van der Waals surface area contributed by atoms with Gasteiger partial charge in [-0.1, -0.05) is 188 Å². The number of rotatable bonds is 5. The maximum atomic E-state index is 5.20. The van der Waals surface area contributed by atoms with Gasteiger partial charge < -0.3 is 0 Å². The second kappa shape index (κ2) is 12.5. The minimum Gasteiger partial charge on any atom is -0.248 e. The Kier molecular flexibility index (Phi) is 7.22. The van der Waals surface area contributed by atoms with E-state index < -0.39 is 0 Å². The lowest BCUT2D eigenvalue weighted by Gasteiger charge is -2.18. The molecule has 0 fully saturated rings. The molecule has 9 aromatic carbocycles. The number of hydrogen-bond acceptors (Lipinski definition) is 1. The van der Waals surface area contributed by atoms with Gasteiger partial charge in [-0.2, -0.15) is 0 Å². The number of aromatic nitrogens is 1. The second-order valence-electron chi connectivity index (χ2n) is 13.5. The fourth-order valence-electron chi connectivity index (χ4n) is 8.02. The van der Waals surface area contributed by atoms with Crippen molar-refractivity contribution in [2.75, 3.05) is 0 Å². The summed E-state index contributed by atoms with van der Waals surface area (Å²) in [5.41, 5.74) is 12.9. The molecular formula is C51H33N. The number of benzene rings is 9. The van der Waals surface area contributed by atoms with Crippen molar-refractivity contribution in [2.45, 2.75) is 0 Å². The number of pyridine rings is 1. The SMILES string of the molecule is c1ccc(-c2c3ccccc3c(-c3ccc(-c4ccc(-c5cc(-c6ccccc6)c6c(ccc7ccccc76)n5)cc4)cc3)c3ccccc23)cc1. The van der Waals surface area contributed by atoms with Crippen LogP contribution in [0.2, 0.25) is 0 Å². The summed E-state index contributed by atoms with van der Waals surface area (Å²) >= 11 is 0. The summed E-state index contributed by atoms with van der Waals surface area (Å²) in [5, 5.41) is 8.72. The topological polar surface area (TPSA) is 12.9 Å². The largest absolute Gasteiger partial charge is 0.248 e. The van der Waals surface area contributed by atoms with Gasteiger partial charge in [-0.05, 0) is 89.0 Å². The van der Waals surface area contributed by atoms with Crippen LogP contribution in [0.15, 0.2) is 200 Å². The van der Waals surface area contributed by atoms with Gasteiger partial charge in [0.2, 0.25) is 0 Å². The summed E-state index contributed by atoms with van der Waals surface area (Å²) in [6, 6.07) is 72.2. The summed E-state index contributed by atoms with van der Waals surface area (Å²) in [4.78, 5) is 5.20.